The van der Waals surface area contributed by atoms with Gasteiger partial charge in [0, 0.05) is 16.5 Å². The number of nitrogens with one attached hydrogen (secondary N) is 2. The van der Waals surface area contributed by atoms with Gasteiger partial charge in [0.05, 0.1) is 15.5 Å². The number of hydrogen-bond donors (Lipinski definition) is 2. The Kier molecular flexibility index (Phi) is 5.73. The zero-order valence-corrected chi connectivity index (χ0v) is 15.3. The maximum Gasteiger partial charge on any atom is 0.284 e. The number of benzene rings is 3. The molecule has 2 N–H and O–H groups in total. The smallest absolute Gasteiger partial charge is 0.284 e. The van der Waals surface area contributed by atoms with Crippen molar-refractivity contribution in [3.63, 3.8) is 0 Å². The highest BCUT2D eigenvalue weighted by molar-refractivity contribution is 7.99. The first kappa shape index (κ1) is 18.5. The molecule has 0 bridgehead atoms. The van der Waals surface area contributed by atoms with E-state index in [0.29, 0.717) is 10.6 Å². The van der Waals surface area contributed by atoms with Crippen LogP contribution in [-0.4, -0.2) is 10.8 Å². The van der Waals surface area contributed by atoms with E-state index in [1.165, 1.54) is 17.8 Å². The minimum Gasteiger partial charge on any atom is -0.298 e. The summed E-state index contributed by atoms with van der Waals surface area (Å²) in [7, 11) is 0. The minimum absolute atomic E-state index is 0.104. The average molecular weight is 379 g/mol. The van der Waals surface area contributed by atoms with Gasteiger partial charge in [-0.25, -0.2) is 0 Å². The third kappa shape index (κ3) is 4.86. The van der Waals surface area contributed by atoms with E-state index in [1.54, 1.807) is 24.3 Å². The lowest BCUT2D eigenvalue weighted by Gasteiger charge is -2.09. The fourth-order valence-electron chi connectivity index (χ4n) is 2.34. The van der Waals surface area contributed by atoms with Gasteiger partial charge in [-0.2, -0.15) is 0 Å². The molecule has 0 radical (unpaired) electrons. The molecule has 0 aromatic heterocycles. The van der Waals surface area contributed by atoms with E-state index in [-0.39, 0.29) is 11.3 Å². The first-order valence-corrected chi connectivity index (χ1v) is 8.99. The molecule has 3 aromatic rings. The number of hydrogen-bond acceptors (Lipinski definition) is 5. The predicted octanol–water partition coefficient (Wildman–Crippen LogP) is 4.81. The Hall–Kier alpha value is -3.32. The van der Waals surface area contributed by atoms with Gasteiger partial charge in [-0.3, -0.25) is 25.8 Å². The molecule has 136 valence electrons. The summed E-state index contributed by atoms with van der Waals surface area (Å²) in [6.45, 7) is 1.98. The number of anilines is 1. The van der Waals surface area contributed by atoms with E-state index in [9.17, 15) is 14.9 Å². The molecule has 0 aliphatic rings. The molecule has 3 aromatic carbocycles. The number of carbonyl (C=O) groups excluding carboxylic acids is 1. The van der Waals surface area contributed by atoms with Crippen LogP contribution in [0.2, 0.25) is 0 Å². The number of amides is 1. The summed E-state index contributed by atoms with van der Waals surface area (Å²) in [4.78, 5) is 24.7. The lowest BCUT2D eigenvalue weighted by molar-refractivity contribution is -0.387. The second kappa shape index (κ2) is 8.37. The molecule has 7 heteroatoms. The first-order chi connectivity index (χ1) is 13.0. The van der Waals surface area contributed by atoms with Crippen molar-refractivity contribution >= 4 is 29.0 Å². The third-order valence-electron chi connectivity index (χ3n) is 3.76. The summed E-state index contributed by atoms with van der Waals surface area (Å²) in [6.07, 6.45) is 0. The summed E-state index contributed by atoms with van der Waals surface area (Å²) >= 11 is 1.29. The zero-order valence-electron chi connectivity index (χ0n) is 14.5. The highest BCUT2D eigenvalue weighted by atomic mass is 32.2. The molecule has 6 nitrogen and oxygen atoms in total. The van der Waals surface area contributed by atoms with Gasteiger partial charge in [-0.1, -0.05) is 47.7 Å². The van der Waals surface area contributed by atoms with Gasteiger partial charge in [0.1, 0.15) is 0 Å². The number of aryl methyl sites for hydroxylation is 1. The molecule has 3 rings (SSSR count). The number of nitrogens with zero attached hydrogens (tertiary/aromatic N) is 1. The molecule has 0 saturated carbocycles. The van der Waals surface area contributed by atoms with Crippen LogP contribution in [0.1, 0.15) is 15.9 Å². The molecular formula is C20H17N3O3S. The van der Waals surface area contributed by atoms with E-state index in [0.717, 1.165) is 10.5 Å². The summed E-state index contributed by atoms with van der Waals surface area (Å²) < 4.78 is 0. The zero-order chi connectivity index (χ0) is 19.2. The minimum atomic E-state index is -0.474. The Balaban J connectivity index is 1.77. The highest BCUT2D eigenvalue weighted by Gasteiger charge is 2.18. The highest BCUT2D eigenvalue weighted by Crippen LogP contribution is 2.35. The molecule has 0 fully saturated rings. The monoisotopic (exact) mass is 379 g/mol. The van der Waals surface area contributed by atoms with Crippen LogP contribution in [0, 0.1) is 17.0 Å². The van der Waals surface area contributed by atoms with Crippen LogP contribution in [0.4, 0.5) is 11.4 Å². The van der Waals surface area contributed by atoms with Crippen molar-refractivity contribution in [3.8, 4) is 0 Å². The number of nitro groups is 1. The van der Waals surface area contributed by atoms with Crippen LogP contribution in [0.15, 0.2) is 82.6 Å². The van der Waals surface area contributed by atoms with Gasteiger partial charge in [-0.15, -0.1) is 0 Å². The van der Waals surface area contributed by atoms with E-state index in [2.05, 4.69) is 10.9 Å². The van der Waals surface area contributed by atoms with Gasteiger partial charge < -0.3 is 0 Å². The Morgan fingerprint density at radius 3 is 2.37 bits per heavy atom. The molecule has 0 heterocycles. The number of hydrazine groups is 1. The van der Waals surface area contributed by atoms with Crippen LogP contribution >= 0.6 is 11.8 Å². The van der Waals surface area contributed by atoms with Crippen molar-refractivity contribution in [3.05, 3.63) is 94.0 Å². The Morgan fingerprint density at radius 2 is 1.70 bits per heavy atom. The molecule has 27 heavy (non-hydrogen) atoms. The number of carbonyl (C=O) groups is 1. The maximum atomic E-state index is 12.3. The van der Waals surface area contributed by atoms with Crippen LogP contribution in [0.25, 0.3) is 0 Å². The largest absolute Gasteiger partial charge is 0.298 e. The Morgan fingerprint density at radius 1 is 1.00 bits per heavy atom. The Bertz CT molecular complexity index is 960. The molecule has 0 spiro atoms. The number of para-hydroxylation sites is 1. The fourth-order valence-corrected chi connectivity index (χ4v) is 3.24. The fraction of sp³-hybridized carbons (Fsp3) is 0.0500. The molecule has 1 amide bonds. The van der Waals surface area contributed by atoms with E-state index in [4.69, 9.17) is 0 Å². The lowest BCUT2D eigenvalue weighted by atomic mass is 10.2. The quantitative estimate of drug-likeness (QED) is 0.474. The molecule has 0 aliphatic heterocycles. The lowest BCUT2D eigenvalue weighted by Crippen LogP contribution is -2.29. The normalized spacial score (nSPS) is 10.3. The summed E-state index contributed by atoms with van der Waals surface area (Å²) in [5.41, 5.74) is 7.25. The average Bonchev–Trinajstić information content (AvgIpc) is 2.69. The van der Waals surface area contributed by atoms with Crippen LogP contribution in [0.3, 0.4) is 0 Å². The van der Waals surface area contributed by atoms with Crippen molar-refractivity contribution in [2.24, 2.45) is 0 Å². The van der Waals surface area contributed by atoms with Crippen LogP contribution in [0.5, 0.6) is 0 Å². The van der Waals surface area contributed by atoms with Crippen LogP contribution < -0.4 is 10.9 Å². The number of rotatable bonds is 6. The predicted molar refractivity (Wildman–Crippen MR) is 106 cm³/mol. The molecule has 0 saturated heterocycles. The van der Waals surface area contributed by atoms with Gasteiger partial charge in [0.25, 0.3) is 11.6 Å². The van der Waals surface area contributed by atoms with Gasteiger partial charge in [0.2, 0.25) is 0 Å². The van der Waals surface area contributed by atoms with Crippen molar-refractivity contribution in [2.75, 3.05) is 5.43 Å². The van der Waals surface area contributed by atoms with E-state index < -0.39 is 10.8 Å². The first-order valence-electron chi connectivity index (χ1n) is 8.17. The van der Waals surface area contributed by atoms with Crippen LogP contribution in [-0.2, 0) is 0 Å². The summed E-state index contributed by atoms with van der Waals surface area (Å²) in [6, 6.07) is 21.3. The van der Waals surface area contributed by atoms with E-state index in [1.807, 2.05) is 49.4 Å². The van der Waals surface area contributed by atoms with Crippen molar-refractivity contribution < 1.29 is 9.72 Å². The SMILES string of the molecule is Cc1ccc(Sc2ccc(C(=O)NNc3ccccc3)cc2[N+](=O)[O-])cc1. The van der Waals surface area contributed by atoms with Crippen molar-refractivity contribution in [1.29, 1.82) is 0 Å². The second-order valence-corrected chi connectivity index (χ2v) is 6.92. The number of nitro benzene ring substituents is 1. The summed E-state index contributed by atoms with van der Waals surface area (Å²) in [5, 5.41) is 11.5. The Labute approximate surface area is 160 Å². The third-order valence-corrected chi connectivity index (χ3v) is 4.83. The molecule has 0 aliphatic carbocycles. The second-order valence-electron chi connectivity index (χ2n) is 5.80. The van der Waals surface area contributed by atoms with Crippen molar-refractivity contribution in [2.45, 2.75) is 16.7 Å². The van der Waals surface area contributed by atoms with E-state index >= 15 is 0 Å². The molecule has 0 atom stereocenters. The van der Waals surface area contributed by atoms with Gasteiger partial charge in [0.15, 0.2) is 0 Å². The maximum absolute atomic E-state index is 12.3. The topological polar surface area (TPSA) is 84.3 Å². The van der Waals surface area contributed by atoms with Gasteiger partial charge in [-0.05, 0) is 43.3 Å². The standard InChI is InChI=1S/C20H17N3O3S/c1-14-7-10-17(11-8-14)27-19-12-9-15(13-18(19)23(25)26)20(24)22-21-16-5-3-2-4-6-16/h2-13,21H,1H3,(H,22,24). The van der Waals surface area contributed by atoms with Gasteiger partial charge >= 0.3 is 0 Å². The summed E-state index contributed by atoms with van der Waals surface area (Å²) in [5.74, 6) is -0.450. The molecular weight excluding hydrogens is 362 g/mol. The molecule has 0 unspecified atom stereocenters. The van der Waals surface area contributed by atoms with Crippen molar-refractivity contribution in [1.82, 2.24) is 5.43 Å².